The SMILES string of the molecule is O=C1CCCc2nc3ncnn3c(-c3ccccc3Br)c21. The maximum Gasteiger partial charge on any atom is 0.252 e. The zero-order chi connectivity index (χ0) is 14.4. The molecular weight excluding hydrogens is 332 g/mol. The highest BCUT2D eigenvalue weighted by molar-refractivity contribution is 9.10. The van der Waals surface area contributed by atoms with Gasteiger partial charge in [-0.1, -0.05) is 34.1 Å². The van der Waals surface area contributed by atoms with Crippen molar-refractivity contribution >= 4 is 27.5 Å². The lowest BCUT2D eigenvalue weighted by atomic mass is 9.91. The number of nitrogens with zero attached hydrogens (tertiary/aromatic N) is 4. The van der Waals surface area contributed by atoms with Crippen LogP contribution in [0.15, 0.2) is 35.1 Å². The first-order valence-corrected chi connectivity index (χ1v) is 7.55. The maximum atomic E-state index is 12.4. The monoisotopic (exact) mass is 342 g/mol. The van der Waals surface area contributed by atoms with Crippen molar-refractivity contribution in [3.8, 4) is 11.3 Å². The van der Waals surface area contributed by atoms with E-state index < -0.39 is 0 Å². The molecule has 0 aliphatic heterocycles. The molecule has 4 rings (SSSR count). The van der Waals surface area contributed by atoms with Crippen molar-refractivity contribution in [2.45, 2.75) is 19.3 Å². The molecular formula is C15H11BrN4O. The van der Waals surface area contributed by atoms with Gasteiger partial charge >= 0.3 is 0 Å². The number of fused-ring (bicyclic) bond motifs is 2. The van der Waals surface area contributed by atoms with E-state index >= 15 is 0 Å². The minimum atomic E-state index is 0.131. The van der Waals surface area contributed by atoms with E-state index in [1.165, 1.54) is 6.33 Å². The van der Waals surface area contributed by atoms with Crippen LogP contribution < -0.4 is 0 Å². The molecule has 0 bridgehead atoms. The van der Waals surface area contributed by atoms with Crippen molar-refractivity contribution in [2.24, 2.45) is 0 Å². The molecule has 0 saturated heterocycles. The largest absolute Gasteiger partial charge is 0.294 e. The van der Waals surface area contributed by atoms with Gasteiger partial charge in [0.1, 0.15) is 6.33 Å². The van der Waals surface area contributed by atoms with Crippen molar-refractivity contribution in [1.29, 1.82) is 0 Å². The van der Waals surface area contributed by atoms with Gasteiger partial charge in [0, 0.05) is 16.5 Å². The fourth-order valence-electron chi connectivity index (χ4n) is 2.81. The van der Waals surface area contributed by atoms with Crippen molar-refractivity contribution < 1.29 is 4.79 Å². The van der Waals surface area contributed by atoms with Crippen molar-refractivity contribution in [3.63, 3.8) is 0 Å². The Hall–Kier alpha value is -2.08. The number of hydrogen-bond acceptors (Lipinski definition) is 4. The highest BCUT2D eigenvalue weighted by atomic mass is 79.9. The minimum absolute atomic E-state index is 0.131. The van der Waals surface area contributed by atoms with E-state index in [4.69, 9.17) is 0 Å². The molecule has 104 valence electrons. The summed E-state index contributed by atoms with van der Waals surface area (Å²) in [6.07, 6.45) is 3.69. The van der Waals surface area contributed by atoms with E-state index in [1.54, 1.807) is 4.52 Å². The minimum Gasteiger partial charge on any atom is -0.294 e. The summed E-state index contributed by atoms with van der Waals surface area (Å²) in [6.45, 7) is 0. The highest BCUT2D eigenvalue weighted by Crippen LogP contribution is 2.34. The third-order valence-corrected chi connectivity index (χ3v) is 4.42. The van der Waals surface area contributed by atoms with Gasteiger partial charge in [0.2, 0.25) is 0 Å². The van der Waals surface area contributed by atoms with E-state index in [0.717, 1.165) is 34.3 Å². The van der Waals surface area contributed by atoms with Crippen LogP contribution in [0.2, 0.25) is 0 Å². The molecule has 21 heavy (non-hydrogen) atoms. The summed E-state index contributed by atoms with van der Waals surface area (Å²) in [6, 6.07) is 7.82. The second-order valence-electron chi connectivity index (χ2n) is 5.01. The van der Waals surface area contributed by atoms with Crippen LogP contribution in [0.1, 0.15) is 28.9 Å². The van der Waals surface area contributed by atoms with Crippen LogP contribution >= 0.6 is 15.9 Å². The number of carbonyl (C=O) groups is 1. The number of aromatic nitrogens is 4. The molecule has 0 spiro atoms. The van der Waals surface area contributed by atoms with E-state index in [0.29, 0.717) is 17.8 Å². The van der Waals surface area contributed by atoms with E-state index in [-0.39, 0.29) is 5.78 Å². The van der Waals surface area contributed by atoms with Gasteiger partial charge in [-0.3, -0.25) is 4.79 Å². The van der Waals surface area contributed by atoms with Crippen molar-refractivity contribution in [1.82, 2.24) is 19.6 Å². The first-order chi connectivity index (χ1) is 10.3. The fraction of sp³-hybridized carbons (Fsp3) is 0.200. The number of aryl methyl sites for hydroxylation is 1. The summed E-state index contributed by atoms with van der Waals surface area (Å²) in [5.74, 6) is 0.668. The van der Waals surface area contributed by atoms with Gasteiger partial charge in [0.15, 0.2) is 5.78 Å². The van der Waals surface area contributed by atoms with Gasteiger partial charge in [0.05, 0.1) is 17.0 Å². The lowest BCUT2D eigenvalue weighted by Gasteiger charge is -2.18. The van der Waals surface area contributed by atoms with Crippen molar-refractivity contribution in [3.05, 3.63) is 46.3 Å². The van der Waals surface area contributed by atoms with E-state index in [2.05, 4.69) is 31.0 Å². The van der Waals surface area contributed by atoms with Gasteiger partial charge in [-0.25, -0.2) is 4.98 Å². The molecule has 0 amide bonds. The molecule has 6 heteroatoms. The molecule has 5 nitrogen and oxygen atoms in total. The quantitative estimate of drug-likeness (QED) is 0.681. The molecule has 0 radical (unpaired) electrons. The highest BCUT2D eigenvalue weighted by Gasteiger charge is 2.27. The summed E-state index contributed by atoms with van der Waals surface area (Å²) >= 11 is 3.56. The molecule has 1 aliphatic rings. The molecule has 0 fully saturated rings. The number of Topliss-reactive ketones (excluding diaryl/α,β-unsaturated/α-hetero) is 1. The Bertz CT molecular complexity index is 871. The number of halogens is 1. The van der Waals surface area contributed by atoms with Gasteiger partial charge < -0.3 is 0 Å². The molecule has 2 aromatic heterocycles. The average molecular weight is 343 g/mol. The van der Waals surface area contributed by atoms with Crippen LogP contribution in [0.4, 0.5) is 0 Å². The Kier molecular flexibility index (Phi) is 2.85. The fourth-order valence-corrected chi connectivity index (χ4v) is 3.28. The normalized spacial score (nSPS) is 14.4. The van der Waals surface area contributed by atoms with Gasteiger partial charge in [0.25, 0.3) is 5.78 Å². The molecule has 0 atom stereocenters. The summed E-state index contributed by atoms with van der Waals surface area (Å²) in [5.41, 5.74) is 3.23. The Labute approximate surface area is 129 Å². The Balaban J connectivity index is 2.16. The summed E-state index contributed by atoms with van der Waals surface area (Å²) in [7, 11) is 0. The zero-order valence-electron chi connectivity index (χ0n) is 11.1. The second kappa shape index (κ2) is 4.73. The molecule has 0 N–H and O–H groups in total. The summed E-state index contributed by atoms with van der Waals surface area (Å²) in [4.78, 5) is 21.1. The van der Waals surface area contributed by atoms with E-state index in [9.17, 15) is 4.79 Å². The van der Waals surface area contributed by atoms with Crippen LogP contribution in [0.3, 0.4) is 0 Å². The first-order valence-electron chi connectivity index (χ1n) is 6.76. The second-order valence-corrected chi connectivity index (χ2v) is 5.86. The average Bonchev–Trinajstić information content (AvgIpc) is 2.94. The lowest BCUT2D eigenvalue weighted by molar-refractivity contribution is 0.0971. The number of ketones is 1. The van der Waals surface area contributed by atoms with Gasteiger partial charge in [-0.2, -0.15) is 14.6 Å². The van der Waals surface area contributed by atoms with Crippen LogP contribution in [0, 0.1) is 0 Å². The third-order valence-electron chi connectivity index (χ3n) is 3.73. The summed E-state index contributed by atoms with van der Waals surface area (Å²) < 4.78 is 2.58. The number of benzene rings is 1. The predicted octanol–water partition coefficient (Wildman–Crippen LogP) is 3.07. The number of hydrogen-bond donors (Lipinski definition) is 0. The molecule has 1 aliphatic carbocycles. The molecule has 0 saturated carbocycles. The topological polar surface area (TPSA) is 60.2 Å². The number of rotatable bonds is 1. The lowest BCUT2D eigenvalue weighted by Crippen LogP contribution is -2.17. The van der Waals surface area contributed by atoms with Crippen LogP contribution in [0.25, 0.3) is 17.0 Å². The van der Waals surface area contributed by atoms with Crippen molar-refractivity contribution in [2.75, 3.05) is 0 Å². The standard InChI is InChI=1S/C15H11BrN4O/c16-10-5-2-1-4-9(10)14-13-11(6-3-7-12(13)21)19-15-17-8-18-20(14)15/h1-2,4-5,8H,3,6-7H2. The van der Waals surface area contributed by atoms with Gasteiger partial charge in [-0.05, 0) is 18.9 Å². The maximum absolute atomic E-state index is 12.4. The van der Waals surface area contributed by atoms with E-state index in [1.807, 2.05) is 24.3 Å². The zero-order valence-corrected chi connectivity index (χ0v) is 12.7. The van der Waals surface area contributed by atoms with Crippen LogP contribution in [-0.2, 0) is 6.42 Å². The summed E-state index contributed by atoms with van der Waals surface area (Å²) in [5, 5.41) is 4.25. The smallest absolute Gasteiger partial charge is 0.252 e. The third kappa shape index (κ3) is 1.90. The van der Waals surface area contributed by atoms with Crippen LogP contribution in [-0.4, -0.2) is 25.4 Å². The Morgan fingerprint density at radius 2 is 2.05 bits per heavy atom. The number of carbonyl (C=O) groups excluding carboxylic acids is 1. The first kappa shape index (κ1) is 12.6. The Morgan fingerprint density at radius 3 is 2.90 bits per heavy atom. The van der Waals surface area contributed by atoms with Crippen LogP contribution in [0.5, 0.6) is 0 Å². The molecule has 0 unspecified atom stereocenters. The van der Waals surface area contributed by atoms with Gasteiger partial charge in [-0.15, -0.1) is 0 Å². The predicted molar refractivity (Wildman–Crippen MR) is 81.2 cm³/mol. The molecule has 3 aromatic rings. The molecule has 1 aromatic carbocycles. The molecule has 2 heterocycles. The Morgan fingerprint density at radius 1 is 1.19 bits per heavy atom.